The molecule has 1 amide bonds. The molecule has 0 radical (unpaired) electrons. The van der Waals surface area contributed by atoms with E-state index in [9.17, 15) is 18.0 Å². The molecule has 0 aliphatic carbocycles. The van der Waals surface area contributed by atoms with Crippen LogP contribution in [0, 0.1) is 5.92 Å². The molecule has 234 valence electrons. The number of ether oxygens (including phenoxy) is 1. The molecule has 1 aromatic carbocycles. The number of piperidine rings is 1. The molecule has 2 aromatic heterocycles. The van der Waals surface area contributed by atoms with Crippen molar-refractivity contribution in [3.05, 3.63) is 59.8 Å². The maximum atomic E-state index is 12.5. The fraction of sp³-hybridized carbons (Fsp3) is 0.500. The van der Waals surface area contributed by atoms with Crippen LogP contribution in [0.2, 0.25) is 0 Å². The molecule has 2 saturated heterocycles. The number of hydrogen-bond acceptors (Lipinski definition) is 7. The van der Waals surface area contributed by atoms with E-state index in [1.54, 1.807) is 4.52 Å². The van der Waals surface area contributed by atoms with Crippen LogP contribution in [0.1, 0.15) is 56.6 Å². The van der Waals surface area contributed by atoms with Crippen LogP contribution < -0.4 is 10.6 Å². The summed E-state index contributed by atoms with van der Waals surface area (Å²) in [5.41, 5.74) is 5.50. The SMILES string of the molecule is CC(=NCC1COC2(CCNCC2)C1)c1ccc(Nc2nc3c(C4=CCN(C(=O)CCC(F)(F)F)CC4)cccn3n2)cc1. The average molecular weight is 610 g/mol. The van der Waals surface area contributed by atoms with Crippen LogP contribution in [0.3, 0.4) is 0 Å². The lowest BCUT2D eigenvalue weighted by atomic mass is 9.86. The third kappa shape index (κ3) is 7.13. The lowest BCUT2D eigenvalue weighted by Crippen LogP contribution is -2.41. The Labute approximate surface area is 254 Å². The highest BCUT2D eigenvalue weighted by Gasteiger charge is 2.40. The van der Waals surface area contributed by atoms with Gasteiger partial charge in [-0.1, -0.05) is 18.2 Å². The van der Waals surface area contributed by atoms with Crippen LogP contribution in [0.25, 0.3) is 11.2 Å². The molecule has 3 aliphatic rings. The van der Waals surface area contributed by atoms with Gasteiger partial charge in [0.25, 0.3) is 0 Å². The third-order valence-electron chi connectivity index (χ3n) is 8.84. The Hall–Kier alpha value is -3.77. The van der Waals surface area contributed by atoms with Gasteiger partial charge in [0.05, 0.1) is 18.6 Å². The average Bonchev–Trinajstić information content (AvgIpc) is 3.62. The molecule has 9 nitrogen and oxygen atoms in total. The molecule has 2 N–H and O–H groups in total. The summed E-state index contributed by atoms with van der Waals surface area (Å²) in [6, 6.07) is 11.9. The number of aliphatic imine (C=N–C) groups is 1. The molecule has 44 heavy (non-hydrogen) atoms. The van der Waals surface area contributed by atoms with E-state index in [-0.39, 0.29) is 12.1 Å². The maximum Gasteiger partial charge on any atom is 0.389 e. The molecule has 12 heteroatoms. The first-order chi connectivity index (χ1) is 21.2. The number of nitrogens with zero attached hydrogens (tertiary/aromatic N) is 5. The largest absolute Gasteiger partial charge is 0.389 e. The molecular formula is C32H38F3N7O2. The Morgan fingerprint density at radius 3 is 2.73 bits per heavy atom. The number of aromatic nitrogens is 3. The van der Waals surface area contributed by atoms with Crippen molar-refractivity contribution in [3.8, 4) is 0 Å². The summed E-state index contributed by atoms with van der Waals surface area (Å²) in [7, 11) is 0. The molecule has 2 fully saturated rings. The zero-order valence-electron chi connectivity index (χ0n) is 24.9. The molecular weight excluding hydrogens is 571 g/mol. The number of pyridine rings is 1. The van der Waals surface area contributed by atoms with Crippen molar-refractivity contribution in [2.45, 2.75) is 57.2 Å². The van der Waals surface area contributed by atoms with E-state index in [1.807, 2.05) is 55.6 Å². The number of fused-ring (bicyclic) bond motifs is 1. The van der Waals surface area contributed by atoms with Crippen LogP contribution >= 0.6 is 0 Å². The van der Waals surface area contributed by atoms with Crippen molar-refractivity contribution < 1.29 is 22.7 Å². The van der Waals surface area contributed by atoms with Crippen LogP contribution in [0.5, 0.6) is 0 Å². The quantitative estimate of drug-likeness (QED) is 0.332. The van der Waals surface area contributed by atoms with E-state index in [1.165, 1.54) is 4.90 Å². The monoisotopic (exact) mass is 609 g/mol. The van der Waals surface area contributed by atoms with E-state index >= 15 is 0 Å². The van der Waals surface area contributed by atoms with Crippen molar-refractivity contribution in [2.24, 2.45) is 10.9 Å². The lowest BCUT2D eigenvalue weighted by molar-refractivity contribution is -0.148. The number of benzene rings is 1. The summed E-state index contributed by atoms with van der Waals surface area (Å²) < 4.78 is 45.5. The van der Waals surface area contributed by atoms with Crippen molar-refractivity contribution >= 4 is 34.5 Å². The van der Waals surface area contributed by atoms with Gasteiger partial charge in [-0.05, 0) is 81.1 Å². The van der Waals surface area contributed by atoms with Crippen LogP contribution in [-0.2, 0) is 9.53 Å². The highest BCUT2D eigenvalue weighted by Crippen LogP contribution is 2.37. The highest BCUT2D eigenvalue weighted by atomic mass is 19.4. The van der Waals surface area contributed by atoms with E-state index in [0.717, 1.165) is 73.6 Å². The first-order valence-corrected chi connectivity index (χ1v) is 15.3. The van der Waals surface area contributed by atoms with E-state index in [2.05, 4.69) is 15.7 Å². The normalized spacial score (nSPS) is 20.7. The topological polar surface area (TPSA) is 96.1 Å². The van der Waals surface area contributed by atoms with Gasteiger partial charge >= 0.3 is 6.18 Å². The Bertz CT molecular complexity index is 1540. The predicted molar refractivity (Wildman–Crippen MR) is 163 cm³/mol. The number of hydrogen-bond donors (Lipinski definition) is 2. The fourth-order valence-corrected chi connectivity index (χ4v) is 6.32. The van der Waals surface area contributed by atoms with Gasteiger partial charge in [0, 0.05) is 55.1 Å². The zero-order chi connectivity index (χ0) is 30.7. The third-order valence-corrected chi connectivity index (χ3v) is 8.84. The lowest BCUT2D eigenvalue weighted by Gasteiger charge is -2.32. The van der Waals surface area contributed by atoms with Crippen molar-refractivity contribution in [1.29, 1.82) is 0 Å². The molecule has 1 atom stereocenters. The van der Waals surface area contributed by atoms with E-state index in [0.29, 0.717) is 30.5 Å². The summed E-state index contributed by atoms with van der Waals surface area (Å²) in [5, 5.41) is 11.3. The van der Waals surface area contributed by atoms with Crippen LogP contribution in [0.4, 0.5) is 24.8 Å². The smallest absolute Gasteiger partial charge is 0.375 e. The van der Waals surface area contributed by atoms with Gasteiger partial charge in [-0.2, -0.15) is 18.2 Å². The molecule has 0 bridgehead atoms. The first kappa shape index (κ1) is 30.3. The van der Waals surface area contributed by atoms with Gasteiger partial charge in [0.1, 0.15) is 0 Å². The molecule has 6 rings (SSSR count). The molecule has 5 heterocycles. The summed E-state index contributed by atoms with van der Waals surface area (Å²) in [4.78, 5) is 23.3. The standard InChI is InChI=1S/C32H38F3N7O2/c1-22(37-20-23-19-31(44-21-23)12-14-36-15-13-31)24-4-6-26(7-5-24)38-30-39-29-27(3-2-16-42(29)40-30)25-9-17-41(18-10-25)28(43)8-11-32(33,34)35/h2-7,9,16,23,36H,8,10-15,17-21H2,1H3,(H,38,40). The number of anilines is 2. The van der Waals surface area contributed by atoms with E-state index in [4.69, 9.17) is 14.7 Å². The van der Waals surface area contributed by atoms with E-state index < -0.39 is 24.9 Å². The van der Waals surface area contributed by atoms with Gasteiger partial charge in [-0.25, -0.2) is 4.52 Å². The Morgan fingerprint density at radius 1 is 1.20 bits per heavy atom. The van der Waals surface area contributed by atoms with Crippen molar-refractivity contribution in [1.82, 2.24) is 24.8 Å². The minimum absolute atomic E-state index is 0.0522. The molecule has 3 aliphatic heterocycles. The van der Waals surface area contributed by atoms with Crippen molar-refractivity contribution in [2.75, 3.05) is 44.6 Å². The van der Waals surface area contributed by atoms with Gasteiger partial charge in [-0.15, -0.1) is 5.10 Å². The fourth-order valence-electron chi connectivity index (χ4n) is 6.32. The van der Waals surface area contributed by atoms with Gasteiger partial charge < -0.3 is 20.3 Å². The number of halogens is 3. The van der Waals surface area contributed by atoms with Crippen molar-refractivity contribution in [3.63, 3.8) is 0 Å². The highest BCUT2D eigenvalue weighted by molar-refractivity contribution is 5.99. The second kappa shape index (κ2) is 12.7. The second-order valence-corrected chi connectivity index (χ2v) is 12.0. The Balaban J connectivity index is 1.06. The predicted octanol–water partition coefficient (Wildman–Crippen LogP) is 5.40. The number of carbonyl (C=O) groups excluding carboxylic acids is 1. The summed E-state index contributed by atoms with van der Waals surface area (Å²) >= 11 is 0. The number of carbonyl (C=O) groups is 1. The molecule has 0 saturated carbocycles. The molecule has 3 aromatic rings. The molecule has 1 unspecified atom stereocenters. The Kier molecular flexibility index (Phi) is 8.73. The van der Waals surface area contributed by atoms with Gasteiger partial charge in [0.2, 0.25) is 11.9 Å². The summed E-state index contributed by atoms with van der Waals surface area (Å²) in [6.07, 6.45) is 1.53. The number of rotatable bonds is 8. The minimum atomic E-state index is -4.33. The van der Waals surface area contributed by atoms with Crippen LogP contribution in [-0.4, -0.2) is 82.2 Å². The summed E-state index contributed by atoms with van der Waals surface area (Å²) in [6.45, 7) is 6.30. The number of alkyl halides is 3. The van der Waals surface area contributed by atoms with Gasteiger partial charge in [-0.3, -0.25) is 9.79 Å². The second-order valence-electron chi connectivity index (χ2n) is 12.0. The first-order valence-electron chi connectivity index (χ1n) is 15.3. The summed E-state index contributed by atoms with van der Waals surface area (Å²) in [5.74, 6) is 0.430. The number of amides is 1. The molecule has 1 spiro atoms. The number of nitrogens with one attached hydrogen (secondary N) is 2. The van der Waals surface area contributed by atoms with Gasteiger partial charge in [0.15, 0.2) is 5.65 Å². The zero-order valence-corrected chi connectivity index (χ0v) is 24.9. The maximum absolute atomic E-state index is 12.5. The van der Waals surface area contributed by atoms with Crippen LogP contribution in [0.15, 0.2) is 53.7 Å². The minimum Gasteiger partial charge on any atom is -0.375 e. The Morgan fingerprint density at radius 2 is 2.00 bits per heavy atom.